The van der Waals surface area contributed by atoms with Crippen LogP contribution in [0, 0.1) is 18.6 Å². The minimum Gasteiger partial charge on any atom is -0.317 e. The van der Waals surface area contributed by atoms with E-state index in [9.17, 15) is 13.6 Å². The maximum atomic E-state index is 13.7. The van der Waals surface area contributed by atoms with Gasteiger partial charge in [0.2, 0.25) is 0 Å². The van der Waals surface area contributed by atoms with Crippen LogP contribution in [0.3, 0.4) is 0 Å². The predicted molar refractivity (Wildman–Crippen MR) is 80.9 cm³/mol. The highest BCUT2D eigenvalue weighted by atomic mass is 79.9. The first-order chi connectivity index (χ1) is 9.38. The lowest BCUT2D eigenvalue weighted by Gasteiger charge is -2.09. The van der Waals surface area contributed by atoms with E-state index in [1.165, 1.54) is 0 Å². The van der Waals surface area contributed by atoms with Gasteiger partial charge in [-0.15, -0.1) is 0 Å². The van der Waals surface area contributed by atoms with E-state index >= 15 is 0 Å². The van der Waals surface area contributed by atoms with Gasteiger partial charge in [0.05, 0.1) is 5.56 Å². The molecule has 0 aromatic heterocycles. The van der Waals surface area contributed by atoms with Crippen LogP contribution < -0.4 is 5.32 Å². The molecule has 2 aromatic rings. The molecular formula is C14H9Br2F2NO. The molecule has 104 valence electrons. The molecule has 1 amide bonds. The molecule has 2 nitrogen and oxygen atoms in total. The molecule has 0 saturated heterocycles. The normalized spacial score (nSPS) is 10.4. The monoisotopic (exact) mass is 403 g/mol. The Kier molecular flexibility index (Phi) is 4.55. The van der Waals surface area contributed by atoms with Crippen molar-refractivity contribution < 1.29 is 13.6 Å². The summed E-state index contributed by atoms with van der Waals surface area (Å²) in [7, 11) is 0. The van der Waals surface area contributed by atoms with Gasteiger partial charge < -0.3 is 5.32 Å². The fourth-order valence-corrected chi connectivity index (χ4v) is 2.72. The van der Waals surface area contributed by atoms with Gasteiger partial charge in [-0.25, -0.2) is 8.78 Å². The molecule has 0 saturated carbocycles. The van der Waals surface area contributed by atoms with Gasteiger partial charge in [-0.3, -0.25) is 4.79 Å². The Morgan fingerprint density at radius 2 is 1.70 bits per heavy atom. The lowest BCUT2D eigenvalue weighted by molar-refractivity contribution is 0.102. The highest BCUT2D eigenvalue weighted by Crippen LogP contribution is 2.25. The molecule has 0 unspecified atom stereocenters. The van der Waals surface area contributed by atoms with Crippen LogP contribution in [0.15, 0.2) is 39.3 Å². The maximum Gasteiger partial charge on any atom is 0.256 e. The number of benzene rings is 2. The number of carbonyl (C=O) groups is 1. The van der Waals surface area contributed by atoms with Gasteiger partial charge in [0.15, 0.2) is 11.6 Å². The Morgan fingerprint density at radius 1 is 1.10 bits per heavy atom. The lowest BCUT2D eigenvalue weighted by atomic mass is 10.1. The van der Waals surface area contributed by atoms with Crippen LogP contribution in [-0.4, -0.2) is 5.91 Å². The SMILES string of the molecule is Cc1ccc(C(=O)Nc2c(F)cc(Br)cc2F)c(Br)c1. The van der Waals surface area contributed by atoms with Crippen LogP contribution in [-0.2, 0) is 0 Å². The van der Waals surface area contributed by atoms with Gasteiger partial charge >= 0.3 is 0 Å². The zero-order valence-corrected chi connectivity index (χ0v) is 13.5. The smallest absolute Gasteiger partial charge is 0.256 e. The van der Waals surface area contributed by atoms with Crippen LogP contribution in [0.4, 0.5) is 14.5 Å². The predicted octanol–water partition coefficient (Wildman–Crippen LogP) is 5.05. The van der Waals surface area contributed by atoms with Gasteiger partial charge in [-0.05, 0) is 52.7 Å². The van der Waals surface area contributed by atoms with Crippen LogP contribution in [0.1, 0.15) is 15.9 Å². The molecule has 6 heteroatoms. The number of rotatable bonds is 2. The lowest BCUT2D eigenvalue weighted by Crippen LogP contribution is -2.15. The Labute approximate surface area is 131 Å². The van der Waals surface area contributed by atoms with Crippen LogP contribution in [0.2, 0.25) is 0 Å². The molecule has 2 rings (SSSR count). The van der Waals surface area contributed by atoms with Crippen molar-refractivity contribution in [1.29, 1.82) is 0 Å². The molecule has 0 bridgehead atoms. The number of amides is 1. The Bertz CT molecular complexity index is 666. The van der Waals surface area contributed by atoms with Gasteiger partial charge in [-0.1, -0.05) is 22.0 Å². The van der Waals surface area contributed by atoms with E-state index in [-0.39, 0.29) is 4.47 Å². The standard InChI is InChI=1S/C14H9Br2F2NO/c1-7-2-3-9(10(16)4-7)14(20)19-13-11(17)5-8(15)6-12(13)18/h2-6H,1H3,(H,19,20). The van der Waals surface area contributed by atoms with Crippen molar-refractivity contribution in [2.45, 2.75) is 6.92 Å². The first kappa shape index (κ1) is 15.1. The Hall–Kier alpha value is -1.27. The van der Waals surface area contributed by atoms with Crippen molar-refractivity contribution in [3.05, 3.63) is 62.0 Å². The first-order valence-electron chi connectivity index (χ1n) is 5.60. The van der Waals surface area contributed by atoms with Crippen LogP contribution >= 0.6 is 31.9 Å². The highest BCUT2D eigenvalue weighted by Gasteiger charge is 2.16. The molecule has 2 aromatic carbocycles. The summed E-state index contributed by atoms with van der Waals surface area (Å²) in [6, 6.07) is 7.26. The highest BCUT2D eigenvalue weighted by molar-refractivity contribution is 9.10. The average molecular weight is 405 g/mol. The molecule has 0 radical (unpaired) electrons. The fraction of sp³-hybridized carbons (Fsp3) is 0.0714. The summed E-state index contributed by atoms with van der Waals surface area (Å²) < 4.78 is 28.1. The summed E-state index contributed by atoms with van der Waals surface area (Å²) in [6.07, 6.45) is 0. The molecule has 0 heterocycles. The average Bonchev–Trinajstić information content (AvgIpc) is 2.33. The summed E-state index contributed by atoms with van der Waals surface area (Å²) >= 11 is 6.23. The number of aryl methyl sites for hydroxylation is 1. The quantitative estimate of drug-likeness (QED) is 0.745. The summed E-state index contributed by atoms with van der Waals surface area (Å²) in [5, 5.41) is 2.24. The zero-order valence-electron chi connectivity index (χ0n) is 10.3. The van der Waals surface area contributed by atoms with Gasteiger partial charge in [-0.2, -0.15) is 0 Å². The van der Waals surface area contributed by atoms with E-state index in [1.54, 1.807) is 18.2 Å². The van der Waals surface area contributed by atoms with Gasteiger partial charge in [0, 0.05) is 8.95 Å². The number of hydrogen-bond acceptors (Lipinski definition) is 1. The minimum atomic E-state index is -0.839. The number of hydrogen-bond donors (Lipinski definition) is 1. The van der Waals surface area contributed by atoms with Crippen molar-refractivity contribution in [2.24, 2.45) is 0 Å². The third kappa shape index (κ3) is 3.24. The van der Waals surface area contributed by atoms with Crippen LogP contribution in [0.25, 0.3) is 0 Å². The second-order valence-electron chi connectivity index (χ2n) is 4.18. The van der Waals surface area contributed by atoms with Crippen molar-refractivity contribution in [3.63, 3.8) is 0 Å². The fourth-order valence-electron chi connectivity index (χ4n) is 1.65. The van der Waals surface area contributed by atoms with Crippen molar-refractivity contribution in [1.82, 2.24) is 0 Å². The Morgan fingerprint density at radius 3 is 2.25 bits per heavy atom. The van der Waals surface area contributed by atoms with Gasteiger partial charge in [0.25, 0.3) is 5.91 Å². The van der Waals surface area contributed by atoms with E-state index < -0.39 is 23.2 Å². The summed E-state index contributed by atoms with van der Waals surface area (Å²) in [4.78, 5) is 12.0. The molecule has 20 heavy (non-hydrogen) atoms. The summed E-state index contributed by atoms with van der Waals surface area (Å²) in [5.74, 6) is -2.26. The molecule has 1 N–H and O–H groups in total. The number of halogens is 4. The molecule has 0 aliphatic rings. The summed E-state index contributed by atoms with van der Waals surface area (Å²) in [6.45, 7) is 1.88. The zero-order chi connectivity index (χ0) is 14.9. The van der Waals surface area contributed by atoms with E-state index in [0.717, 1.165) is 17.7 Å². The molecule has 0 aliphatic heterocycles. The molecule has 0 spiro atoms. The van der Waals surface area contributed by atoms with E-state index in [0.29, 0.717) is 10.0 Å². The number of anilines is 1. The molecule has 0 aliphatic carbocycles. The maximum absolute atomic E-state index is 13.7. The van der Waals surface area contributed by atoms with E-state index in [1.807, 2.05) is 6.92 Å². The third-order valence-corrected chi connectivity index (χ3v) is 3.73. The number of nitrogens with one attached hydrogen (secondary N) is 1. The number of carbonyl (C=O) groups excluding carboxylic acids is 1. The minimum absolute atomic E-state index is 0.266. The second-order valence-corrected chi connectivity index (χ2v) is 5.95. The molecular weight excluding hydrogens is 396 g/mol. The second kappa shape index (κ2) is 6.01. The van der Waals surface area contributed by atoms with Crippen molar-refractivity contribution >= 4 is 43.5 Å². The van der Waals surface area contributed by atoms with Gasteiger partial charge in [0.1, 0.15) is 5.69 Å². The van der Waals surface area contributed by atoms with E-state index in [4.69, 9.17) is 0 Å². The topological polar surface area (TPSA) is 29.1 Å². The van der Waals surface area contributed by atoms with Crippen LogP contribution in [0.5, 0.6) is 0 Å². The van der Waals surface area contributed by atoms with Crippen molar-refractivity contribution in [2.75, 3.05) is 5.32 Å². The third-order valence-electron chi connectivity index (χ3n) is 2.61. The largest absolute Gasteiger partial charge is 0.317 e. The van der Waals surface area contributed by atoms with Crippen molar-refractivity contribution in [3.8, 4) is 0 Å². The summed E-state index contributed by atoms with van der Waals surface area (Å²) in [5.41, 5.74) is 0.803. The van der Waals surface area contributed by atoms with E-state index in [2.05, 4.69) is 37.2 Å². The molecule has 0 atom stereocenters. The Balaban J connectivity index is 2.33. The first-order valence-corrected chi connectivity index (χ1v) is 7.19. The molecule has 0 fully saturated rings.